The van der Waals surface area contributed by atoms with Gasteiger partial charge in [-0.3, -0.25) is 0 Å². The largest absolute Gasteiger partial charge is 0.334 e. The third-order valence-electron chi connectivity index (χ3n) is 3.23. The van der Waals surface area contributed by atoms with Crippen LogP contribution >= 0.6 is 15.9 Å². The first-order chi connectivity index (χ1) is 10.1. The van der Waals surface area contributed by atoms with Crippen LogP contribution in [0.4, 0.5) is 10.5 Å². The molecule has 0 aromatic heterocycles. The third kappa shape index (κ3) is 4.33. The van der Waals surface area contributed by atoms with Crippen LogP contribution in [0.1, 0.15) is 30.9 Å². The van der Waals surface area contributed by atoms with Gasteiger partial charge in [-0.15, -0.1) is 0 Å². The van der Waals surface area contributed by atoms with Crippen molar-refractivity contribution >= 4 is 27.6 Å². The van der Waals surface area contributed by atoms with Gasteiger partial charge in [0.1, 0.15) is 0 Å². The molecule has 0 atom stereocenters. The highest BCUT2D eigenvalue weighted by Gasteiger charge is 2.09. The molecule has 0 bridgehead atoms. The quantitative estimate of drug-likeness (QED) is 0.812. The number of carbonyl (C=O) groups is 1. The Labute approximate surface area is 133 Å². The van der Waals surface area contributed by atoms with Gasteiger partial charge in [-0.1, -0.05) is 66.2 Å². The number of hydrogen-bond acceptors (Lipinski definition) is 1. The highest BCUT2D eigenvalue weighted by atomic mass is 79.9. The summed E-state index contributed by atoms with van der Waals surface area (Å²) in [6.07, 6.45) is 0. The van der Waals surface area contributed by atoms with Gasteiger partial charge >= 0.3 is 6.03 Å². The molecule has 0 aliphatic carbocycles. The van der Waals surface area contributed by atoms with Crippen LogP contribution in [0.25, 0.3) is 0 Å². The summed E-state index contributed by atoms with van der Waals surface area (Å²) in [7, 11) is 0. The summed E-state index contributed by atoms with van der Waals surface area (Å²) >= 11 is 3.47. The van der Waals surface area contributed by atoms with E-state index < -0.39 is 0 Å². The zero-order valence-electron chi connectivity index (χ0n) is 12.2. The SMILES string of the molecule is CC(C)c1ccccc1NC(=O)NCc1ccccc1Br. The van der Waals surface area contributed by atoms with E-state index in [9.17, 15) is 4.79 Å². The van der Waals surface area contributed by atoms with Gasteiger partial charge in [0.25, 0.3) is 0 Å². The topological polar surface area (TPSA) is 41.1 Å². The molecule has 2 aromatic rings. The first-order valence-corrected chi connectivity index (χ1v) is 7.74. The number of urea groups is 1. The van der Waals surface area contributed by atoms with E-state index in [-0.39, 0.29) is 6.03 Å². The molecule has 0 aliphatic rings. The minimum absolute atomic E-state index is 0.196. The molecule has 0 fully saturated rings. The van der Waals surface area contributed by atoms with Crippen molar-refractivity contribution < 1.29 is 4.79 Å². The van der Waals surface area contributed by atoms with Gasteiger partial charge < -0.3 is 10.6 Å². The molecule has 0 spiro atoms. The second kappa shape index (κ2) is 7.27. The van der Waals surface area contributed by atoms with Gasteiger partial charge in [0.05, 0.1) is 0 Å². The predicted molar refractivity (Wildman–Crippen MR) is 90.5 cm³/mol. The van der Waals surface area contributed by atoms with Crippen molar-refractivity contribution in [2.75, 3.05) is 5.32 Å². The average molecular weight is 347 g/mol. The van der Waals surface area contributed by atoms with Crippen molar-refractivity contribution in [2.24, 2.45) is 0 Å². The Morgan fingerprint density at radius 3 is 2.48 bits per heavy atom. The zero-order chi connectivity index (χ0) is 15.2. The second-order valence-electron chi connectivity index (χ2n) is 5.14. The van der Waals surface area contributed by atoms with E-state index in [1.54, 1.807) is 0 Å². The number of nitrogens with one attached hydrogen (secondary N) is 2. The molecule has 0 aliphatic heterocycles. The molecule has 2 amide bonds. The van der Waals surface area contributed by atoms with Gasteiger partial charge in [-0.05, 0) is 29.2 Å². The van der Waals surface area contributed by atoms with Crippen molar-refractivity contribution in [3.8, 4) is 0 Å². The van der Waals surface area contributed by atoms with Gasteiger partial charge in [-0.25, -0.2) is 4.79 Å². The number of halogens is 1. The Morgan fingerprint density at radius 2 is 1.76 bits per heavy atom. The van der Waals surface area contributed by atoms with E-state index in [4.69, 9.17) is 0 Å². The molecule has 4 heteroatoms. The summed E-state index contributed by atoms with van der Waals surface area (Å²) in [4.78, 5) is 12.0. The molecule has 3 nitrogen and oxygen atoms in total. The summed E-state index contributed by atoms with van der Waals surface area (Å²) < 4.78 is 0.993. The number of anilines is 1. The van der Waals surface area contributed by atoms with Crippen LogP contribution in [0.3, 0.4) is 0 Å². The summed E-state index contributed by atoms with van der Waals surface area (Å²) in [6, 6.07) is 15.5. The maximum Gasteiger partial charge on any atom is 0.319 e. The van der Waals surface area contributed by atoms with Crippen LogP contribution in [0, 0.1) is 0 Å². The van der Waals surface area contributed by atoms with Gasteiger partial charge in [-0.2, -0.15) is 0 Å². The lowest BCUT2D eigenvalue weighted by Gasteiger charge is -2.14. The van der Waals surface area contributed by atoms with Crippen LogP contribution in [-0.4, -0.2) is 6.03 Å². The van der Waals surface area contributed by atoms with Crippen molar-refractivity contribution in [1.29, 1.82) is 0 Å². The number of rotatable bonds is 4. The molecular weight excluding hydrogens is 328 g/mol. The maximum atomic E-state index is 12.0. The number of para-hydroxylation sites is 1. The molecule has 2 rings (SSSR count). The number of amides is 2. The van der Waals surface area contributed by atoms with Gasteiger partial charge in [0.15, 0.2) is 0 Å². The van der Waals surface area contributed by atoms with Crippen LogP contribution < -0.4 is 10.6 Å². The minimum atomic E-state index is -0.196. The lowest BCUT2D eigenvalue weighted by molar-refractivity contribution is 0.251. The molecule has 0 unspecified atom stereocenters. The van der Waals surface area contributed by atoms with E-state index in [2.05, 4.69) is 40.4 Å². The molecule has 0 saturated carbocycles. The monoisotopic (exact) mass is 346 g/mol. The lowest BCUT2D eigenvalue weighted by Crippen LogP contribution is -2.28. The first-order valence-electron chi connectivity index (χ1n) is 6.95. The Morgan fingerprint density at radius 1 is 1.10 bits per heavy atom. The van der Waals surface area contributed by atoms with Gasteiger partial charge in [0, 0.05) is 16.7 Å². The Balaban J connectivity index is 1.98. The van der Waals surface area contributed by atoms with E-state index in [0.717, 1.165) is 21.3 Å². The van der Waals surface area contributed by atoms with E-state index in [0.29, 0.717) is 12.5 Å². The fourth-order valence-electron chi connectivity index (χ4n) is 2.10. The van der Waals surface area contributed by atoms with Crippen molar-refractivity contribution in [2.45, 2.75) is 26.3 Å². The van der Waals surface area contributed by atoms with Crippen LogP contribution in [0.2, 0.25) is 0 Å². The summed E-state index contributed by atoms with van der Waals surface area (Å²) in [5.74, 6) is 0.366. The van der Waals surface area contributed by atoms with Crippen LogP contribution in [0.15, 0.2) is 53.0 Å². The normalized spacial score (nSPS) is 10.5. The predicted octanol–water partition coefficient (Wildman–Crippen LogP) is 4.89. The fraction of sp³-hybridized carbons (Fsp3) is 0.235. The first kappa shape index (κ1) is 15.6. The number of carbonyl (C=O) groups excluding carboxylic acids is 1. The minimum Gasteiger partial charge on any atom is -0.334 e. The molecular formula is C17H19BrN2O. The van der Waals surface area contributed by atoms with Gasteiger partial charge in [0.2, 0.25) is 0 Å². The standard InChI is InChI=1S/C17H19BrN2O/c1-12(2)14-8-4-6-10-16(14)20-17(21)19-11-13-7-3-5-9-15(13)18/h3-10,12H,11H2,1-2H3,(H2,19,20,21). The lowest BCUT2D eigenvalue weighted by atomic mass is 10.0. The van der Waals surface area contributed by atoms with Crippen molar-refractivity contribution in [3.63, 3.8) is 0 Å². The Hall–Kier alpha value is -1.81. The molecule has 0 radical (unpaired) electrons. The van der Waals surface area contributed by atoms with E-state index in [1.165, 1.54) is 0 Å². The molecule has 0 heterocycles. The summed E-state index contributed by atoms with van der Waals surface area (Å²) in [6.45, 7) is 4.70. The molecule has 21 heavy (non-hydrogen) atoms. The van der Waals surface area contributed by atoms with Crippen LogP contribution in [-0.2, 0) is 6.54 Å². The van der Waals surface area contributed by atoms with Crippen molar-refractivity contribution in [3.05, 3.63) is 64.1 Å². The number of benzene rings is 2. The average Bonchev–Trinajstić information content (AvgIpc) is 2.47. The smallest absolute Gasteiger partial charge is 0.319 e. The van der Waals surface area contributed by atoms with Crippen LogP contribution in [0.5, 0.6) is 0 Å². The number of hydrogen-bond donors (Lipinski definition) is 2. The summed E-state index contributed by atoms with van der Waals surface area (Å²) in [5, 5.41) is 5.79. The van der Waals surface area contributed by atoms with E-state index >= 15 is 0 Å². The fourth-order valence-corrected chi connectivity index (χ4v) is 2.52. The maximum absolute atomic E-state index is 12.0. The third-order valence-corrected chi connectivity index (χ3v) is 4.00. The second-order valence-corrected chi connectivity index (χ2v) is 6.00. The Kier molecular flexibility index (Phi) is 5.39. The highest BCUT2D eigenvalue weighted by Crippen LogP contribution is 2.23. The molecule has 2 N–H and O–H groups in total. The highest BCUT2D eigenvalue weighted by molar-refractivity contribution is 9.10. The molecule has 2 aromatic carbocycles. The van der Waals surface area contributed by atoms with Crippen molar-refractivity contribution in [1.82, 2.24) is 5.32 Å². The van der Waals surface area contributed by atoms with E-state index in [1.807, 2.05) is 48.5 Å². The summed E-state index contributed by atoms with van der Waals surface area (Å²) in [5.41, 5.74) is 3.04. The Bertz CT molecular complexity index is 626. The molecule has 110 valence electrons. The zero-order valence-corrected chi connectivity index (χ0v) is 13.8. The molecule has 0 saturated heterocycles.